The Morgan fingerprint density at radius 2 is 0.964 bits per heavy atom. The van der Waals surface area contributed by atoms with Gasteiger partial charge in [0.15, 0.2) is 0 Å². The molecule has 28 heavy (non-hydrogen) atoms. The Bertz CT molecular complexity index is 443. The highest BCUT2D eigenvalue weighted by Gasteiger charge is 2.47. The zero-order valence-corrected chi connectivity index (χ0v) is 20.4. The molecule has 9 heteroatoms. The Balaban J connectivity index is 3.60. The summed E-state index contributed by atoms with van der Waals surface area (Å²) in [4.78, 5) is 36.7. The van der Waals surface area contributed by atoms with E-state index >= 15 is 0 Å². The molecule has 0 aliphatic carbocycles. The molecule has 0 saturated carbocycles. The summed E-state index contributed by atoms with van der Waals surface area (Å²) in [6.45, 7) is 2.25. The fourth-order valence-electron chi connectivity index (χ4n) is 3.27. The minimum absolute atomic E-state index is 0.104. The molecule has 0 aromatic carbocycles. The fourth-order valence-corrected chi connectivity index (χ4v) is 9.29. The molecular formula is C19H43O6P2S+. The molecule has 6 nitrogen and oxygen atoms in total. The van der Waals surface area contributed by atoms with Crippen LogP contribution in [0.4, 0.5) is 0 Å². The van der Waals surface area contributed by atoms with E-state index in [1.807, 2.05) is 6.26 Å². The van der Waals surface area contributed by atoms with Crippen LogP contribution in [0, 0.1) is 0 Å². The van der Waals surface area contributed by atoms with Crippen molar-refractivity contribution in [1.29, 1.82) is 0 Å². The van der Waals surface area contributed by atoms with Crippen LogP contribution in [-0.2, 0) is 20.0 Å². The van der Waals surface area contributed by atoms with Gasteiger partial charge in [0.25, 0.3) is 0 Å². The van der Waals surface area contributed by atoms with Crippen molar-refractivity contribution < 1.29 is 28.7 Å². The summed E-state index contributed by atoms with van der Waals surface area (Å²) in [6.07, 6.45) is 19.7. The first kappa shape index (κ1) is 28.6. The molecule has 0 saturated heterocycles. The van der Waals surface area contributed by atoms with Crippen LogP contribution in [0.5, 0.6) is 0 Å². The summed E-state index contributed by atoms with van der Waals surface area (Å²) in [5, 5.41) is -1.85. The second-order valence-electron chi connectivity index (χ2n) is 7.91. The molecule has 0 rings (SSSR count). The molecule has 0 heterocycles. The van der Waals surface area contributed by atoms with Crippen LogP contribution in [0.2, 0.25) is 0 Å². The van der Waals surface area contributed by atoms with Gasteiger partial charge in [-0.3, -0.25) is 9.13 Å². The van der Waals surface area contributed by atoms with Crippen LogP contribution < -0.4 is 0 Å². The van der Waals surface area contributed by atoms with Crippen molar-refractivity contribution in [2.24, 2.45) is 0 Å². The molecule has 1 unspecified atom stereocenters. The van der Waals surface area contributed by atoms with Gasteiger partial charge in [0, 0.05) is 0 Å². The fraction of sp³-hybridized carbons (Fsp3) is 1.00. The molecular weight excluding hydrogens is 418 g/mol. The number of hydrogen-bond donors (Lipinski definition) is 4. The first-order chi connectivity index (χ1) is 13.1. The van der Waals surface area contributed by atoms with E-state index in [4.69, 9.17) is 0 Å². The standard InChI is InChI=1S/C19H42O6P2S/c1-3-4-5-6-7-8-9-10-11-12-13-14-15-16-17-28(2)18-19(26(20,21)22)27(23,24)25/h19H,3-18H2,1-2H3,(H3-,20,21,22,23,24,25)/p+1. The Kier molecular flexibility index (Phi) is 16.7. The first-order valence-corrected chi connectivity index (χ1v) is 16.1. The third-order valence-corrected chi connectivity index (χ3v) is 11.2. The normalized spacial score (nSPS) is 14.0. The summed E-state index contributed by atoms with van der Waals surface area (Å²) in [5.74, 6) is 0.668. The quantitative estimate of drug-likeness (QED) is 0.116. The summed E-state index contributed by atoms with van der Waals surface area (Å²) >= 11 is 0. The highest BCUT2D eigenvalue weighted by Crippen LogP contribution is 2.60. The number of rotatable bonds is 19. The molecule has 4 N–H and O–H groups in total. The minimum Gasteiger partial charge on any atom is -0.324 e. The van der Waals surface area contributed by atoms with Crippen molar-refractivity contribution >= 4 is 26.1 Å². The second-order valence-corrected chi connectivity index (χ2v) is 14.2. The number of hydrogen-bond acceptors (Lipinski definition) is 2. The van der Waals surface area contributed by atoms with Crippen LogP contribution in [0.3, 0.4) is 0 Å². The lowest BCUT2D eigenvalue weighted by Gasteiger charge is -2.18. The monoisotopic (exact) mass is 461 g/mol. The smallest absolute Gasteiger partial charge is 0.324 e. The van der Waals surface area contributed by atoms with Crippen LogP contribution in [-0.4, -0.2) is 42.7 Å². The first-order valence-electron chi connectivity index (χ1n) is 10.8. The maximum Gasteiger partial charge on any atom is 0.345 e. The molecule has 1 atom stereocenters. The Hall–Kier alpha value is 0.650. The summed E-state index contributed by atoms with van der Waals surface area (Å²) in [6, 6.07) is 0. The molecule has 0 spiro atoms. The van der Waals surface area contributed by atoms with Gasteiger partial charge in [-0.1, -0.05) is 84.0 Å². The van der Waals surface area contributed by atoms with Crippen LogP contribution in [0.15, 0.2) is 0 Å². The van der Waals surface area contributed by atoms with Gasteiger partial charge in [-0.2, -0.15) is 0 Å². The van der Waals surface area contributed by atoms with E-state index < -0.39 is 31.5 Å². The second kappa shape index (κ2) is 16.4. The van der Waals surface area contributed by atoms with Crippen molar-refractivity contribution in [3.8, 4) is 0 Å². The molecule has 0 aromatic rings. The van der Waals surface area contributed by atoms with E-state index in [1.54, 1.807) is 0 Å². The molecule has 0 fully saturated rings. The third-order valence-electron chi connectivity index (χ3n) is 5.06. The van der Waals surface area contributed by atoms with Gasteiger partial charge in [0.2, 0.25) is 5.40 Å². The van der Waals surface area contributed by atoms with E-state index in [1.165, 1.54) is 70.6 Å². The van der Waals surface area contributed by atoms with Crippen molar-refractivity contribution in [3.63, 3.8) is 0 Å². The highest BCUT2D eigenvalue weighted by molar-refractivity contribution is 7.97. The van der Waals surface area contributed by atoms with Crippen molar-refractivity contribution in [3.05, 3.63) is 0 Å². The van der Waals surface area contributed by atoms with Gasteiger partial charge in [-0.15, -0.1) is 0 Å². The maximum atomic E-state index is 11.3. The van der Waals surface area contributed by atoms with E-state index in [0.29, 0.717) is 0 Å². The molecule has 0 aliphatic heterocycles. The average Bonchev–Trinajstić information content (AvgIpc) is 2.58. The van der Waals surface area contributed by atoms with Gasteiger partial charge in [0.1, 0.15) is 11.5 Å². The van der Waals surface area contributed by atoms with Crippen molar-refractivity contribution in [2.45, 2.75) is 102 Å². The van der Waals surface area contributed by atoms with E-state index in [2.05, 4.69) is 6.92 Å². The predicted octanol–water partition coefficient (Wildman–Crippen LogP) is 5.40. The summed E-state index contributed by atoms with van der Waals surface area (Å²) in [7, 11) is -9.96. The van der Waals surface area contributed by atoms with Gasteiger partial charge >= 0.3 is 15.2 Å². The lowest BCUT2D eigenvalue weighted by molar-refractivity contribution is 0.342. The van der Waals surface area contributed by atoms with Gasteiger partial charge in [-0.25, -0.2) is 0 Å². The average molecular weight is 462 g/mol. The van der Waals surface area contributed by atoms with Crippen LogP contribution in [0.25, 0.3) is 0 Å². The van der Waals surface area contributed by atoms with Gasteiger partial charge in [-0.05, 0) is 23.7 Å². The summed E-state index contributed by atoms with van der Waals surface area (Å²) in [5.41, 5.74) is 0. The zero-order valence-electron chi connectivity index (χ0n) is 17.8. The Morgan fingerprint density at radius 3 is 1.29 bits per heavy atom. The van der Waals surface area contributed by atoms with Crippen LogP contribution >= 0.6 is 15.2 Å². The van der Waals surface area contributed by atoms with E-state index in [9.17, 15) is 28.7 Å². The largest absolute Gasteiger partial charge is 0.345 e. The lowest BCUT2D eigenvalue weighted by atomic mass is 10.0. The van der Waals surface area contributed by atoms with Crippen molar-refractivity contribution in [1.82, 2.24) is 0 Å². The zero-order chi connectivity index (χ0) is 21.5. The summed E-state index contributed by atoms with van der Waals surface area (Å²) < 4.78 is 22.6. The predicted molar refractivity (Wildman–Crippen MR) is 121 cm³/mol. The minimum atomic E-state index is -4.78. The van der Waals surface area contributed by atoms with Gasteiger partial charge < -0.3 is 19.6 Å². The Morgan fingerprint density at radius 1 is 0.643 bits per heavy atom. The van der Waals surface area contributed by atoms with E-state index in [-0.39, 0.29) is 5.75 Å². The molecule has 170 valence electrons. The highest BCUT2D eigenvalue weighted by atomic mass is 32.2. The van der Waals surface area contributed by atoms with Crippen LogP contribution in [0.1, 0.15) is 96.8 Å². The topological polar surface area (TPSA) is 115 Å². The maximum absolute atomic E-state index is 11.3. The molecule has 0 aromatic heterocycles. The lowest BCUT2D eigenvalue weighted by Crippen LogP contribution is -2.23. The molecule has 0 amide bonds. The number of unbranched alkanes of at least 4 members (excludes halogenated alkanes) is 13. The Labute approximate surface area is 175 Å². The molecule has 0 aliphatic rings. The molecule has 0 bridgehead atoms. The third kappa shape index (κ3) is 16.4. The van der Waals surface area contributed by atoms with Crippen molar-refractivity contribution in [2.75, 3.05) is 17.8 Å². The molecule has 0 radical (unpaired) electrons. The van der Waals surface area contributed by atoms with E-state index in [0.717, 1.165) is 25.0 Å². The van der Waals surface area contributed by atoms with Gasteiger partial charge in [0.05, 0.1) is 6.26 Å². The SMILES string of the molecule is CCCCCCCCCCCCCCCC[S+](C)CC(P(=O)(O)O)P(=O)(O)O.